The molecule has 130 valence electrons. The van der Waals surface area contributed by atoms with Crippen LogP contribution in [0.15, 0.2) is 24.3 Å². The van der Waals surface area contributed by atoms with Crippen molar-refractivity contribution in [2.45, 2.75) is 56.5 Å². The van der Waals surface area contributed by atoms with Crippen LogP contribution in [0.1, 0.15) is 50.0 Å². The van der Waals surface area contributed by atoms with Crippen LogP contribution in [0, 0.1) is 11.7 Å². The minimum atomic E-state index is -0.176. The normalized spacial score (nSPS) is 31.4. The zero-order valence-electron chi connectivity index (χ0n) is 14.5. The van der Waals surface area contributed by atoms with Crippen molar-refractivity contribution in [3.63, 3.8) is 0 Å². The van der Waals surface area contributed by atoms with Crippen molar-refractivity contribution in [1.29, 1.82) is 0 Å². The lowest BCUT2D eigenvalue weighted by Crippen LogP contribution is -2.50. The molecule has 24 heavy (non-hydrogen) atoms. The number of likely N-dealkylation sites (tertiary alicyclic amines) is 2. The Kier molecular flexibility index (Phi) is 4.33. The summed E-state index contributed by atoms with van der Waals surface area (Å²) in [5, 5.41) is 0. The maximum absolute atomic E-state index is 13.8. The fourth-order valence-electron chi connectivity index (χ4n) is 4.72. The number of hydrogen-bond donors (Lipinski definition) is 0. The van der Waals surface area contributed by atoms with Gasteiger partial charge in [-0.2, -0.15) is 0 Å². The van der Waals surface area contributed by atoms with Gasteiger partial charge in [0, 0.05) is 31.0 Å². The minimum Gasteiger partial charge on any atom is -0.337 e. The maximum atomic E-state index is 13.8. The molecular weight excluding hydrogens is 303 g/mol. The van der Waals surface area contributed by atoms with E-state index >= 15 is 0 Å². The minimum absolute atomic E-state index is 0.176. The van der Waals surface area contributed by atoms with E-state index in [1.54, 1.807) is 12.1 Å². The Hall–Kier alpha value is -1.42. The van der Waals surface area contributed by atoms with Crippen LogP contribution < -0.4 is 0 Å². The highest BCUT2D eigenvalue weighted by atomic mass is 19.1. The molecule has 4 rings (SSSR count). The average Bonchev–Trinajstić information content (AvgIpc) is 3.33. The predicted molar refractivity (Wildman–Crippen MR) is 92.3 cm³/mol. The number of likely N-dealkylation sites (N-methyl/N-ethyl adjacent to an activating group) is 1. The van der Waals surface area contributed by atoms with Crippen molar-refractivity contribution in [1.82, 2.24) is 9.80 Å². The molecule has 1 aromatic carbocycles. The van der Waals surface area contributed by atoms with Crippen molar-refractivity contribution in [3.05, 3.63) is 35.6 Å². The van der Waals surface area contributed by atoms with Crippen LogP contribution in [0.3, 0.4) is 0 Å². The summed E-state index contributed by atoms with van der Waals surface area (Å²) < 4.78 is 13.8. The van der Waals surface area contributed by atoms with Gasteiger partial charge in [0.15, 0.2) is 0 Å². The van der Waals surface area contributed by atoms with Gasteiger partial charge >= 0.3 is 0 Å². The molecule has 3 nitrogen and oxygen atoms in total. The number of benzene rings is 1. The zero-order valence-corrected chi connectivity index (χ0v) is 14.5. The quantitative estimate of drug-likeness (QED) is 0.830. The van der Waals surface area contributed by atoms with Crippen LogP contribution in [-0.4, -0.2) is 47.9 Å². The van der Waals surface area contributed by atoms with Gasteiger partial charge < -0.3 is 9.80 Å². The maximum Gasteiger partial charge on any atom is 0.226 e. The molecule has 2 saturated heterocycles. The first-order valence-electron chi connectivity index (χ1n) is 9.41. The van der Waals surface area contributed by atoms with Gasteiger partial charge in [0.05, 0.1) is 6.04 Å². The summed E-state index contributed by atoms with van der Waals surface area (Å²) in [6.07, 6.45) is 6.77. The number of halogens is 1. The molecular formula is C20H27FN2O. The molecule has 0 unspecified atom stereocenters. The Morgan fingerprint density at radius 2 is 2.00 bits per heavy atom. The Morgan fingerprint density at radius 1 is 1.17 bits per heavy atom. The molecule has 2 heterocycles. The summed E-state index contributed by atoms with van der Waals surface area (Å²) in [5.41, 5.74) is 1.04. The van der Waals surface area contributed by atoms with Crippen molar-refractivity contribution in [3.8, 4) is 0 Å². The first-order valence-corrected chi connectivity index (χ1v) is 9.41. The summed E-state index contributed by atoms with van der Waals surface area (Å²) in [4.78, 5) is 17.5. The van der Waals surface area contributed by atoms with Gasteiger partial charge in [0.25, 0.3) is 0 Å². The van der Waals surface area contributed by atoms with Crippen LogP contribution in [0.5, 0.6) is 0 Å². The summed E-state index contributed by atoms with van der Waals surface area (Å²) in [7, 11) is 2.17. The van der Waals surface area contributed by atoms with Gasteiger partial charge in [0.1, 0.15) is 5.82 Å². The highest BCUT2D eigenvalue weighted by Crippen LogP contribution is 2.41. The van der Waals surface area contributed by atoms with Crippen LogP contribution in [-0.2, 0) is 4.79 Å². The van der Waals surface area contributed by atoms with E-state index in [1.807, 2.05) is 6.07 Å². The Labute approximate surface area is 143 Å². The van der Waals surface area contributed by atoms with Crippen molar-refractivity contribution in [2.24, 2.45) is 5.92 Å². The van der Waals surface area contributed by atoms with Crippen LogP contribution in [0.2, 0.25) is 0 Å². The number of fused-ring (bicyclic) bond motifs is 1. The lowest BCUT2D eigenvalue weighted by molar-refractivity contribution is -0.136. The number of amides is 1. The molecule has 1 saturated carbocycles. The first-order chi connectivity index (χ1) is 11.6. The molecule has 3 fully saturated rings. The lowest BCUT2D eigenvalue weighted by atomic mass is 9.86. The molecule has 4 heteroatoms. The van der Waals surface area contributed by atoms with E-state index in [4.69, 9.17) is 0 Å². The zero-order chi connectivity index (χ0) is 16.7. The SMILES string of the molecule is CN1C[C@@H](c2cccc(F)c2)[C@H]2[C@H]1CCCCCN2C(=O)C1CC1. The second-order valence-electron chi connectivity index (χ2n) is 7.81. The Bertz CT molecular complexity index is 615. The van der Waals surface area contributed by atoms with E-state index in [-0.39, 0.29) is 23.7 Å². The van der Waals surface area contributed by atoms with Gasteiger partial charge in [-0.05, 0) is 50.4 Å². The van der Waals surface area contributed by atoms with E-state index in [0.29, 0.717) is 11.9 Å². The summed E-state index contributed by atoms with van der Waals surface area (Å²) >= 11 is 0. The fourth-order valence-corrected chi connectivity index (χ4v) is 4.72. The Balaban J connectivity index is 1.69. The first kappa shape index (κ1) is 16.1. The highest BCUT2D eigenvalue weighted by molar-refractivity contribution is 5.81. The van der Waals surface area contributed by atoms with Gasteiger partial charge in [-0.1, -0.05) is 25.0 Å². The van der Waals surface area contributed by atoms with Gasteiger partial charge in [0.2, 0.25) is 5.91 Å². The molecule has 1 amide bonds. The van der Waals surface area contributed by atoms with E-state index in [1.165, 1.54) is 18.9 Å². The molecule has 0 aromatic heterocycles. The number of rotatable bonds is 2. The molecule has 0 radical (unpaired) electrons. The van der Waals surface area contributed by atoms with Crippen molar-refractivity contribution in [2.75, 3.05) is 20.1 Å². The molecule has 0 N–H and O–H groups in total. The molecule has 2 aliphatic heterocycles. The monoisotopic (exact) mass is 330 g/mol. The largest absolute Gasteiger partial charge is 0.337 e. The molecule has 1 aromatic rings. The van der Waals surface area contributed by atoms with E-state index in [2.05, 4.69) is 16.8 Å². The summed E-state index contributed by atoms with van der Waals surface area (Å²) in [6.45, 7) is 1.78. The third-order valence-corrected chi connectivity index (χ3v) is 6.10. The summed E-state index contributed by atoms with van der Waals surface area (Å²) in [5.74, 6) is 0.647. The molecule has 0 bridgehead atoms. The molecule has 3 atom stereocenters. The number of nitrogens with zero attached hydrogens (tertiary/aromatic N) is 2. The number of carbonyl (C=O) groups is 1. The topological polar surface area (TPSA) is 23.6 Å². The third-order valence-electron chi connectivity index (χ3n) is 6.10. The lowest BCUT2D eigenvalue weighted by Gasteiger charge is -2.39. The highest BCUT2D eigenvalue weighted by Gasteiger charge is 2.47. The van der Waals surface area contributed by atoms with Gasteiger partial charge in [-0.15, -0.1) is 0 Å². The van der Waals surface area contributed by atoms with Crippen LogP contribution in [0.25, 0.3) is 0 Å². The van der Waals surface area contributed by atoms with Gasteiger partial charge in [-0.25, -0.2) is 4.39 Å². The van der Waals surface area contributed by atoms with E-state index in [9.17, 15) is 9.18 Å². The number of carbonyl (C=O) groups excluding carboxylic acids is 1. The van der Waals surface area contributed by atoms with Crippen LogP contribution >= 0.6 is 0 Å². The molecule has 3 aliphatic rings. The van der Waals surface area contributed by atoms with Crippen molar-refractivity contribution < 1.29 is 9.18 Å². The fraction of sp³-hybridized carbons (Fsp3) is 0.650. The van der Waals surface area contributed by atoms with E-state index in [0.717, 1.165) is 44.3 Å². The van der Waals surface area contributed by atoms with Crippen LogP contribution in [0.4, 0.5) is 4.39 Å². The second-order valence-corrected chi connectivity index (χ2v) is 7.81. The van der Waals surface area contributed by atoms with Gasteiger partial charge in [-0.3, -0.25) is 4.79 Å². The molecule has 1 aliphatic carbocycles. The second kappa shape index (κ2) is 6.47. The van der Waals surface area contributed by atoms with Crippen molar-refractivity contribution >= 4 is 5.91 Å². The standard InChI is InChI=1S/C20H27FN2O/c1-22-13-17(15-6-5-7-16(21)12-15)19-18(22)8-3-2-4-11-23(19)20(24)14-9-10-14/h5-7,12,14,17-19H,2-4,8-11,13H2,1H3/t17-,18+,19-/m0/s1. The number of hydrogen-bond acceptors (Lipinski definition) is 2. The predicted octanol–water partition coefficient (Wildman–Crippen LogP) is 3.40. The summed E-state index contributed by atoms with van der Waals surface area (Å²) in [6, 6.07) is 7.60. The smallest absolute Gasteiger partial charge is 0.226 e. The third kappa shape index (κ3) is 2.97. The molecule has 0 spiro atoms. The Morgan fingerprint density at radius 3 is 2.75 bits per heavy atom. The van der Waals surface area contributed by atoms with E-state index < -0.39 is 0 Å². The average molecular weight is 330 g/mol.